The number of sulfonamides is 1. The zero-order valence-electron chi connectivity index (χ0n) is 9.67. The molecule has 0 saturated heterocycles. The Morgan fingerprint density at radius 3 is 2.44 bits per heavy atom. The Kier molecular flexibility index (Phi) is 3.56. The molecule has 2 rings (SSSR count). The summed E-state index contributed by atoms with van der Waals surface area (Å²) in [5.74, 6) is 0. The smallest absolute Gasteiger partial charge is 0.241 e. The first-order valence-corrected chi connectivity index (χ1v) is 7.51. The Hall–Kier alpha value is -1.18. The van der Waals surface area contributed by atoms with Crippen molar-refractivity contribution in [2.24, 2.45) is 5.14 Å². The van der Waals surface area contributed by atoms with E-state index in [-0.39, 0.29) is 4.90 Å². The molecule has 0 aliphatic carbocycles. The van der Waals surface area contributed by atoms with Crippen LogP contribution < -0.4 is 5.14 Å². The number of halogens is 1. The monoisotopic (exact) mass is 329 g/mol. The topological polar surface area (TPSA) is 78.0 Å². The molecule has 2 N–H and O–H groups in total. The number of rotatable bonds is 3. The molecular formula is C11H12BrN3O2S. The molecule has 0 radical (unpaired) electrons. The number of nitrogens with two attached hydrogens (primary N) is 1. The van der Waals surface area contributed by atoms with Gasteiger partial charge in [-0.25, -0.2) is 13.6 Å². The van der Waals surface area contributed by atoms with E-state index in [9.17, 15) is 8.42 Å². The van der Waals surface area contributed by atoms with Crippen molar-refractivity contribution in [2.45, 2.75) is 18.4 Å². The first-order chi connectivity index (χ1) is 8.38. The van der Waals surface area contributed by atoms with Gasteiger partial charge in [-0.1, -0.05) is 28.1 Å². The normalized spacial score (nSPS) is 11.7. The van der Waals surface area contributed by atoms with Crippen LogP contribution in [0, 0.1) is 6.92 Å². The third-order valence-corrected chi connectivity index (χ3v) is 4.15. The van der Waals surface area contributed by atoms with Crippen molar-refractivity contribution in [3.8, 4) is 0 Å². The maximum Gasteiger partial charge on any atom is 0.241 e. The minimum atomic E-state index is -3.70. The van der Waals surface area contributed by atoms with E-state index in [4.69, 9.17) is 5.14 Å². The SMILES string of the molecule is Cc1c(S(N)(=O)=O)cnn1Cc1ccc(Br)cc1. The summed E-state index contributed by atoms with van der Waals surface area (Å²) in [6.45, 7) is 2.19. The van der Waals surface area contributed by atoms with Gasteiger partial charge in [-0.2, -0.15) is 5.10 Å². The van der Waals surface area contributed by atoms with Gasteiger partial charge < -0.3 is 0 Å². The molecule has 0 aliphatic heterocycles. The van der Waals surface area contributed by atoms with Crippen LogP contribution in [0.4, 0.5) is 0 Å². The Balaban J connectivity index is 2.31. The zero-order valence-corrected chi connectivity index (χ0v) is 12.1. The first kappa shape index (κ1) is 13.3. The lowest BCUT2D eigenvalue weighted by atomic mass is 10.2. The van der Waals surface area contributed by atoms with Crippen LogP contribution in [0.25, 0.3) is 0 Å². The number of hydrogen-bond donors (Lipinski definition) is 1. The molecule has 0 unspecified atom stereocenters. The maximum absolute atomic E-state index is 11.3. The number of hydrogen-bond acceptors (Lipinski definition) is 3. The van der Waals surface area contributed by atoms with Crippen LogP contribution in [-0.2, 0) is 16.6 Å². The largest absolute Gasteiger partial charge is 0.264 e. The molecule has 0 spiro atoms. The summed E-state index contributed by atoms with van der Waals surface area (Å²) < 4.78 is 25.2. The maximum atomic E-state index is 11.3. The van der Waals surface area contributed by atoms with E-state index in [1.807, 2.05) is 24.3 Å². The minimum Gasteiger partial charge on any atom is -0.264 e. The Morgan fingerprint density at radius 1 is 1.33 bits per heavy atom. The summed E-state index contributed by atoms with van der Waals surface area (Å²) in [5.41, 5.74) is 1.57. The quantitative estimate of drug-likeness (QED) is 0.929. The van der Waals surface area contributed by atoms with Crippen LogP contribution >= 0.6 is 15.9 Å². The van der Waals surface area contributed by atoms with E-state index in [0.717, 1.165) is 10.0 Å². The van der Waals surface area contributed by atoms with Gasteiger partial charge in [-0.3, -0.25) is 4.68 Å². The molecule has 2 aromatic rings. The highest BCUT2D eigenvalue weighted by molar-refractivity contribution is 9.10. The molecule has 96 valence electrons. The molecule has 7 heteroatoms. The fourth-order valence-corrected chi connectivity index (χ4v) is 2.61. The number of nitrogens with zero attached hydrogens (tertiary/aromatic N) is 2. The van der Waals surface area contributed by atoms with Crippen molar-refractivity contribution in [2.75, 3.05) is 0 Å². The van der Waals surface area contributed by atoms with Crippen molar-refractivity contribution in [1.82, 2.24) is 9.78 Å². The lowest BCUT2D eigenvalue weighted by molar-refractivity contribution is 0.596. The Labute approximate surface area is 114 Å². The highest BCUT2D eigenvalue weighted by Crippen LogP contribution is 2.15. The Morgan fingerprint density at radius 2 is 1.94 bits per heavy atom. The van der Waals surface area contributed by atoms with Crippen molar-refractivity contribution in [1.29, 1.82) is 0 Å². The molecular weight excluding hydrogens is 318 g/mol. The zero-order chi connectivity index (χ0) is 13.3. The van der Waals surface area contributed by atoms with Crippen LogP contribution in [-0.4, -0.2) is 18.2 Å². The standard InChI is InChI=1S/C11H12BrN3O2S/c1-8-11(18(13,16)17)6-14-15(8)7-9-2-4-10(12)5-3-9/h2-6H,7H2,1H3,(H2,13,16,17). The van der Waals surface area contributed by atoms with Gasteiger partial charge in [0.15, 0.2) is 0 Å². The molecule has 0 aliphatic rings. The second kappa shape index (κ2) is 4.83. The molecule has 0 amide bonds. The summed E-state index contributed by atoms with van der Waals surface area (Å²) in [7, 11) is -3.70. The number of primary sulfonamides is 1. The van der Waals surface area contributed by atoms with E-state index in [0.29, 0.717) is 12.2 Å². The van der Waals surface area contributed by atoms with E-state index in [2.05, 4.69) is 21.0 Å². The highest BCUT2D eigenvalue weighted by Gasteiger charge is 2.16. The van der Waals surface area contributed by atoms with Crippen molar-refractivity contribution in [3.63, 3.8) is 0 Å². The first-order valence-electron chi connectivity index (χ1n) is 5.17. The molecule has 0 fully saturated rings. The average molecular weight is 330 g/mol. The van der Waals surface area contributed by atoms with E-state index < -0.39 is 10.0 Å². The summed E-state index contributed by atoms with van der Waals surface area (Å²) >= 11 is 3.36. The second-order valence-corrected chi connectivity index (χ2v) is 6.37. The lowest BCUT2D eigenvalue weighted by Gasteiger charge is -2.05. The fraction of sp³-hybridized carbons (Fsp3) is 0.182. The third kappa shape index (κ3) is 2.80. The van der Waals surface area contributed by atoms with Crippen LogP contribution in [0.2, 0.25) is 0 Å². The number of benzene rings is 1. The summed E-state index contributed by atoms with van der Waals surface area (Å²) in [4.78, 5) is 0.0691. The van der Waals surface area contributed by atoms with Crippen LogP contribution in [0.5, 0.6) is 0 Å². The third-order valence-electron chi connectivity index (χ3n) is 2.61. The van der Waals surface area contributed by atoms with E-state index >= 15 is 0 Å². The van der Waals surface area contributed by atoms with Crippen LogP contribution in [0.15, 0.2) is 39.8 Å². The summed E-state index contributed by atoms with van der Waals surface area (Å²) in [6, 6.07) is 7.74. The van der Waals surface area contributed by atoms with Crippen LogP contribution in [0.1, 0.15) is 11.3 Å². The van der Waals surface area contributed by atoms with E-state index in [1.165, 1.54) is 6.20 Å². The lowest BCUT2D eigenvalue weighted by Crippen LogP contribution is -2.13. The van der Waals surface area contributed by atoms with E-state index in [1.54, 1.807) is 11.6 Å². The molecule has 1 heterocycles. The van der Waals surface area contributed by atoms with Gasteiger partial charge in [0.25, 0.3) is 0 Å². The predicted molar refractivity (Wildman–Crippen MR) is 71.6 cm³/mol. The van der Waals surface area contributed by atoms with Gasteiger partial charge >= 0.3 is 0 Å². The Bertz CT molecular complexity index is 662. The van der Waals surface area contributed by atoms with Crippen molar-refractivity contribution >= 4 is 26.0 Å². The molecule has 1 aromatic carbocycles. The predicted octanol–water partition coefficient (Wildman–Crippen LogP) is 1.65. The van der Waals surface area contributed by atoms with Gasteiger partial charge in [0, 0.05) is 4.47 Å². The molecule has 5 nitrogen and oxygen atoms in total. The van der Waals surface area contributed by atoms with Crippen molar-refractivity contribution in [3.05, 3.63) is 46.2 Å². The summed E-state index contributed by atoms with van der Waals surface area (Å²) in [5, 5.41) is 9.14. The molecule has 0 atom stereocenters. The second-order valence-electron chi connectivity index (χ2n) is 3.92. The molecule has 0 bridgehead atoms. The van der Waals surface area contributed by atoms with Crippen molar-refractivity contribution < 1.29 is 8.42 Å². The van der Waals surface area contributed by atoms with Gasteiger partial charge in [0.05, 0.1) is 18.4 Å². The minimum absolute atomic E-state index is 0.0691. The molecule has 1 aromatic heterocycles. The fourth-order valence-electron chi connectivity index (χ4n) is 1.63. The van der Waals surface area contributed by atoms with Gasteiger partial charge in [-0.15, -0.1) is 0 Å². The highest BCUT2D eigenvalue weighted by atomic mass is 79.9. The van der Waals surface area contributed by atoms with Gasteiger partial charge in [0.1, 0.15) is 4.90 Å². The molecule has 0 saturated carbocycles. The molecule has 18 heavy (non-hydrogen) atoms. The summed E-state index contributed by atoms with van der Waals surface area (Å²) in [6.07, 6.45) is 1.28. The number of aromatic nitrogens is 2. The average Bonchev–Trinajstić information content (AvgIpc) is 2.63. The van der Waals surface area contributed by atoms with Gasteiger partial charge in [-0.05, 0) is 24.6 Å². The van der Waals surface area contributed by atoms with Crippen LogP contribution in [0.3, 0.4) is 0 Å². The van der Waals surface area contributed by atoms with Gasteiger partial charge in [0.2, 0.25) is 10.0 Å².